The maximum absolute atomic E-state index is 13.4. The number of rotatable bonds is 7. The van der Waals surface area contributed by atoms with E-state index in [0.29, 0.717) is 33.3 Å². The zero-order valence-corrected chi connectivity index (χ0v) is 19.6. The molecule has 4 rings (SSSR count). The molecule has 0 aliphatic carbocycles. The molecular formula is C22H21Cl2FN4O2S. The molecule has 0 spiro atoms. The molecule has 1 N–H and O–H groups in total. The number of carbonyl (C=O) groups excluding carboxylic acids is 1. The van der Waals surface area contributed by atoms with Crippen LogP contribution in [-0.2, 0) is 16.1 Å². The van der Waals surface area contributed by atoms with Gasteiger partial charge < -0.3 is 10.1 Å². The van der Waals surface area contributed by atoms with Gasteiger partial charge in [0.25, 0.3) is 0 Å². The monoisotopic (exact) mass is 494 g/mol. The number of anilines is 1. The first-order chi connectivity index (χ1) is 15.4. The first-order valence-corrected chi connectivity index (χ1v) is 11.8. The molecular weight excluding hydrogens is 474 g/mol. The van der Waals surface area contributed by atoms with Crippen LogP contribution in [0.25, 0.3) is 11.4 Å². The van der Waals surface area contributed by atoms with E-state index in [1.54, 1.807) is 37.3 Å². The molecule has 1 aliphatic heterocycles. The van der Waals surface area contributed by atoms with Gasteiger partial charge in [-0.25, -0.2) is 4.39 Å². The molecule has 1 amide bonds. The molecule has 0 saturated carbocycles. The molecule has 168 valence electrons. The van der Waals surface area contributed by atoms with Crippen molar-refractivity contribution in [2.45, 2.75) is 42.8 Å². The minimum absolute atomic E-state index is 0.0407. The van der Waals surface area contributed by atoms with E-state index in [1.165, 1.54) is 23.9 Å². The third-order valence-electron chi connectivity index (χ3n) is 5.09. The molecule has 0 radical (unpaired) electrons. The molecule has 1 saturated heterocycles. The molecule has 6 nitrogen and oxygen atoms in total. The number of hydrogen-bond donors (Lipinski definition) is 1. The Labute approximate surface area is 199 Å². The zero-order valence-electron chi connectivity index (χ0n) is 17.2. The Morgan fingerprint density at radius 2 is 2.06 bits per heavy atom. The van der Waals surface area contributed by atoms with E-state index in [-0.39, 0.29) is 17.8 Å². The van der Waals surface area contributed by atoms with Gasteiger partial charge in [0, 0.05) is 12.2 Å². The van der Waals surface area contributed by atoms with E-state index in [9.17, 15) is 9.18 Å². The summed E-state index contributed by atoms with van der Waals surface area (Å²) in [7, 11) is 0. The van der Waals surface area contributed by atoms with Crippen LogP contribution in [-0.4, -0.2) is 38.6 Å². The highest BCUT2D eigenvalue weighted by molar-refractivity contribution is 8.00. The third-order valence-corrected chi connectivity index (χ3v) is 6.99. The number of aromatic nitrogens is 3. The molecule has 2 heterocycles. The Morgan fingerprint density at radius 3 is 2.78 bits per heavy atom. The lowest BCUT2D eigenvalue weighted by atomic mass is 10.2. The van der Waals surface area contributed by atoms with Crippen molar-refractivity contribution in [3.63, 3.8) is 0 Å². The van der Waals surface area contributed by atoms with Gasteiger partial charge in [-0.05, 0) is 56.2 Å². The summed E-state index contributed by atoms with van der Waals surface area (Å²) in [5, 5.41) is 12.2. The number of benzene rings is 2. The number of hydrogen-bond acceptors (Lipinski definition) is 5. The predicted octanol–water partition coefficient (Wildman–Crippen LogP) is 5.69. The summed E-state index contributed by atoms with van der Waals surface area (Å²) >= 11 is 13.5. The van der Waals surface area contributed by atoms with Gasteiger partial charge >= 0.3 is 0 Å². The average Bonchev–Trinajstić information content (AvgIpc) is 3.43. The molecule has 2 atom stereocenters. The topological polar surface area (TPSA) is 69.0 Å². The maximum Gasteiger partial charge on any atom is 0.237 e. The number of nitrogens with zero attached hydrogens (tertiary/aromatic N) is 3. The zero-order chi connectivity index (χ0) is 22.7. The normalized spacial score (nSPS) is 16.8. The van der Waals surface area contributed by atoms with Crippen molar-refractivity contribution in [2.75, 3.05) is 11.9 Å². The SMILES string of the molecule is CC(Sc1nnc(-c2ccc(F)cc2)n1CC1CCCO1)C(=O)Nc1cccc(Cl)c1Cl. The van der Waals surface area contributed by atoms with Gasteiger partial charge in [-0.1, -0.05) is 41.0 Å². The molecule has 10 heteroatoms. The van der Waals surface area contributed by atoms with E-state index < -0.39 is 5.25 Å². The highest BCUT2D eigenvalue weighted by atomic mass is 35.5. The van der Waals surface area contributed by atoms with Crippen molar-refractivity contribution in [3.05, 3.63) is 58.3 Å². The Bertz CT molecular complexity index is 1100. The fourth-order valence-electron chi connectivity index (χ4n) is 3.39. The third kappa shape index (κ3) is 5.26. The van der Waals surface area contributed by atoms with E-state index in [0.717, 1.165) is 25.0 Å². The standard InChI is InChI=1S/C22H21Cl2FN4O2S/c1-13(21(30)26-18-6-2-5-17(23)19(18)24)32-22-28-27-20(14-7-9-15(25)10-8-14)29(22)12-16-4-3-11-31-16/h2,5-10,13,16H,3-4,11-12H2,1H3,(H,26,30). The fourth-order valence-corrected chi connectivity index (χ4v) is 4.60. The van der Waals surface area contributed by atoms with Crippen molar-refractivity contribution < 1.29 is 13.9 Å². The summed E-state index contributed by atoms with van der Waals surface area (Å²) < 4.78 is 21.1. The summed E-state index contributed by atoms with van der Waals surface area (Å²) in [6.07, 6.45) is 1.98. The first kappa shape index (κ1) is 23.0. The number of amides is 1. The lowest BCUT2D eigenvalue weighted by molar-refractivity contribution is -0.115. The first-order valence-electron chi connectivity index (χ1n) is 10.1. The van der Waals surface area contributed by atoms with E-state index in [4.69, 9.17) is 27.9 Å². The maximum atomic E-state index is 13.4. The van der Waals surface area contributed by atoms with Crippen LogP contribution in [0.2, 0.25) is 10.0 Å². The molecule has 1 aliphatic rings. The van der Waals surface area contributed by atoms with Crippen LogP contribution in [0.3, 0.4) is 0 Å². The van der Waals surface area contributed by atoms with Gasteiger partial charge in [0.05, 0.1) is 33.6 Å². The van der Waals surface area contributed by atoms with Crippen molar-refractivity contribution >= 4 is 46.6 Å². The lowest BCUT2D eigenvalue weighted by Gasteiger charge is -2.17. The Kier molecular flexibility index (Phi) is 7.35. The molecule has 2 aromatic carbocycles. The summed E-state index contributed by atoms with van der Waals surface area (Å²) in [4.78, 5) is 12.8. The van der Waals surface area contributed by atoms with Crippen LogP contribution in [0.5, 0.6) is 0 Å². The predicted molar refractivity (Wildman–Crippen MR) is 125 cm³/mol. The van der Waals surface area contributed by atoms with Gasteiger partial charge in [0.15, 0.2) is 11.0 Å². The second-order valence-electron chi connectivity index (χ2n) is 7.41. The average molecular weight is 495 g/mol. The van der Waals surface area contributed by atoms with Gasteiger partial charge in [-0.3, -0.25) is 9.36 Å². The second-order valence-corrected chi connectivity index (χ2v) is 9.50. The number of thioether (sulfide) groups is 1. The van der Waals surface area contributed by atoms with E-state index in [1.807, 2.05) is 4.57 Å². The van der Waals surface area contributed by atoms with Crippen LogP contribution in [0.15, 0.2) is 47.6 Å². The van der Waals surface area contributed by atoms with Gasteiger partial charge in [-0.2, -0.15) is 0 Å². The Hall–Kier alpha value is -2.13. The molecule has 1 aromatic heterocycles. The minimum Gasteiger partial charge on any atom is -0.376 e. The van der Waals surface area contributed by atoms with Crippen LogP contribution < -0.4 is 5.32 Å². The smallest absolute Gasteiger partial charge is 0.237 e. The number of nitrogens with one attached hydrogen (secondary N) is 1. The second kappa shape index (κ2) is 10.2. The summed E-state index contributed by atoms with van der Waals surface area (Å²) in [5.41, 5.74) is 1.19. The van der Waals surface area contributed by atoms with Crippen molar-refractivity contribution in [3.8, 4) is 11.4 Å². The van der Waals surface area contributed by atoms with Crippen LogP contribution in [0.1, 0.15) is 19.8 Å². The number of carbonyl (C=O) groups is 1. The lowest BCUT2D eigenvalue weighted by Crippen LogP contribution is -2.24. The van der Waals surface area contributed by atoms with E-state index >= 15 is 0 Å². The highest BCUT2D eigenvalue weighted by Gasteiger charge is 2.25. The van der Waals surface area contributed by atoms with Gasteiger partial charge in [0.2, 0.25) is 5.91 Å². The Balaban J connectivity index is 1.55. The van der Waals surface area contributed by atoms with Crippen LogP contribution >= 0.6 is 35.0 Å². The van der Waals surface area contributed by atoms with Gasteiger partial charge in [-0.15, -0.1) is 10.2 Å². The van der Waals surface area contributed by atoms with Crippen molar-refractivity contribution in [1.82, 2.24) is 14.8 Å². The quantitative estimate of drug-likeness (QED) is 0.427. The minimum atomic E-state index is -0.487. The summed E-state index contributed by atoms with van der Waals surface area (Å²) in [6.45, 7) is 3.05. The number of ether oxygens (including phenoxy) is 1. The van der Waals surface area contributed by atoms with Crippen LogP contribution in [0.4, 0.5) is 10.1 Å². The van der Waals surface area contributed by atoms with Crippen LogP contribution in [0, 0.1) is 5.82 Å². The van der Waals surface area contributed by atoms with Gasteiger partial charge in [0.1, 0.15) is 5.82 Å². The number of halogens is 3. The molecule has 3 aromatic rings. The molecule has 0 bridgehead atoms. The van der Waals surface area contributed by atoms with Crippen molar-refractivity contribution in [2.24, 2.45) is 0 Å². The summed E-state index contributed by atoms with van der Waals surface area (Å²) in [5.74, 6) is 0.0427. The summed E-state index contributed by atoms with van der Waals surface area (Å²) in [6, 6.07) is 11.2. The highest BCUT2D eigenvalue weighted by Crippen LogP contribution is 2.32. The molecule has 2 unspecified atom stereocenters. The molecule has 32 heavy (non-hydrogen) atoms. The van der Waals surface area contributed by atoms with Crippen molar-refractivity contribution in [1.29, 1.82) is 0 Å². The largest absolute Gasteiger partial charge is 0.376 e. The fraction of sp³-hybridized carbons (Fsp3) is 0.318. The van der Waals surface area contributed by atoms with E-state index in [2.05, 4.69) is 15.5 Å². The Morgan fingerprint density at radius 1 is 1.28 bits per heavy atom. The molecule has 1 fully saturated rings.